The zero-order valence-electron chi connectivity index (χ0n) is 43.5. The first-order chi connectivity index (χ1) is 39.6. The van der Waals surface area contributed by atoms with Gasteiger partial charge in [0.1, 0.15) is 0 Å². The van der Waals surface area contributed by atoms with Gasteiger partial charge in [0.25, 0.3) is 0 Å². The largest absolute Gasteiger partial charge is 0.416 e. The third-order valence-corrected chi connectivity index (χ3v) is 15.8. The predicted octanol–water partition coefficient (Wildman–Crippen LogP) is 20.5. The fourth-order valence-corrected chi connectivity index (χ4v) is 11.7. The van der Waals surface area contributed by atoms with Gasteiger partial charge in [-0.05, 0) is 172 Å². The normalized spacial score (nSPS) is 11.5. The fourth-order valence-electron chi connectivity index (χ4n) is 11.7. The lowest BCUT2D eigenvalue weighted by Crippen LogP contribution is -1.94. The van der Waals surface area contributed by atoms with Crippen molar-refractivity contribution < 1.29 is 4.42 Å². The number of nitrogens with zero attached hydrogens (tertiary/aromatic N) is 3. The van der Waals surface area contributed by atoms with Crippen molar-refractivity contribution in [3.8, 4) is 106 Å². The van der Waals surface area contributed by atoms with Crippen molar-refractivity contribution in [1.29, 1.82) is 0 Å². The van der Waals surface area contributed by atoms with Crippen molar-refractivity contribution in [2.75, 3.05) is 0 Å². The molecule has 4 heteroatoms. The molecule has 0 radical (unpaired) electrons. The van der Waals surface area contributed by atoms with Crippen LogP contribution in [0.25, 0.3) is 150 Å². The van der Waals surface area contributed by atoms with Gasteiger partial charge in [-0.15, -0.1) is 10.2 Å². The van der Waals surface area contributed by atoms with Crippen LogP contribution in [0.15, 0.2) is 302 Å². The third-order valence-electron chi connectivity index (χ3n) is 15.8. The molecule has 0 spiro atoms. The molecule has 0 saturated carbocycles. The predicted molar refractivity (Wildman–Crippen MR) is 333 cm³/mol. The van der Waals surface area contributed by atoms with E-state index in [2.05, 4.69) is 282 Å². The SMILES string of the molecule is c1ccc(-c2nnc(-c3ccc(-c4ccccc4-c4ccccc4-c4ccc(-n5c6ccc(-c7ccc(-c8ccc9ccccc9c8)cc7)cc6c6cc(-c7ccc(-c8ccc9ccccc9c8)cc7)ccc65)cc4)cc3)o2)cc1. The molecule has 4 nitrogen and oxygen atoms in total. The second kappa shape index (κ2) is 19.7. The van der Waals surface area contributed by atoms with E-state index in [1.165, 1.54) is 76.8 Å². The molecule has 0 aliphatic heterocycles. The molecule has 13 aromatic carbocycles. The molecule has 0 amide bonds. The van der Waals surface area contributed by atoms with Crippen LogP contribution in [-0.4, -0.2) is 14.8 Å². The second-order valence-electron chi connectivity index (χ2n) is 20.6. The van der Waals surface area contributed by atoms with E-state index in [0.29, 0.717) is 11.8 Å². The smallest absolute Gasteiger partial charge is 0.248 e. The van der Waals surface area contributed by atoms with Gasteiger partial charge in [-0.3, -0.25) is 0 Å². The molecular formula is C76H49N3O. The third kappa shape index (κ3) is 8.53. The van der Waals surface area contributed by atoms with Gasteiger partial charge in [-0.2, -0.15) is 0 Å². The fraction of sp³-hybridized carbons (Fsp3) is 0. The lowest BCUT2D eigenvalue weighted by molar-refractivity contribution is 0.584. The van der Waals surface area contributed by atoms with Crippen LogP contribution in [0.4, 0.5) is 0 Å². The molecule has 0 bridgehead atoms. The van der Waals surface area contributed by atoms with E-state index < -0.39 is 0 Å². The molecule has 2 heterocycles. The maximum Gasteiger partial charge on any atom is 0.248 e. The van der Waals surface area contributed by atoms with Gasteiger partial charge in [-0.25, -0.2) is 0 Å². The first-order valence-corrected chi connectivity index (χ1v) is 27.2. The topological polar surface area (TPSA) is 43.9 Å². The summed E-state index contributed by atoms with van der Waals surface area (Å²) in [4.78, 5) is 0. The monoisotopic (exact) mass is 1020 g/mol. The van der Waals surface area contributed by atoms with E-state index in [4.69, 9.17) is 4.42 Å². The molecule has 374 valence electrons. The number of fused-ring (bicyclic) bond motifs is 5. The van der Waals surface area contributed by atoms with Crippen molar-refractivity contribution in [2.24, 2.45) is 0 Å². The number of benzene rings is 13. The summed E-state index contributed by atoms with van der Waals surface area (Å²) in [6, 6.07) is 107. The van der Waals surface area contributed by atoms with Crippen LogP contribution in [0.3, 0.4) is 0 Å². The van der Waals surface area contributed by atoms with E-state index >= 15 is 0 Å². The highest BCUT2D eigenvalue weighted by Crippen LogP contribution is 2.42. The molecule has 0 saturated heterocycles. The Labute approximate surface area is 463 Å². The molecule has 0 atom stereocenters. The average molecular weight is 1020 g/mol. The lowest BCUT2D eigenvalue weighted by atomic mass is 9.89. The molecule has 0 N–H and O–H groups in total. The summed E-state index contributed by atoms with van der Waals surface area (Å²) in [7, 11) is 0. The summed E-state index contributed by atoms with van der Waals surface area (Å²) >= 11 is 0. The van der Waals surface area contributed by atoms with E-state index in [1.54, 1.807) is 0 Å². The molecule has 0 aliphatic rings. The van der Waals surface area contributed by atoms with Gasteiger partial charge in [0.2, 0.25) is 11.8 Å². The van der Waals surface area contributed by atoms with Crippen LogP contribution < -0.4 is 0 Å². The van der Waals surface area contributed by atoms with E-state index in [9.17, 15) is 0 Å². The molecule has 2 aromatic heterocycles. The summed E-state index contributed by atoms with van der Waals surface area (Å²) in [6.07, 6.45) is 0. The Morgan fingerprint density at radius 3 is 1.01 bits per heavy atom. The van der Waals surface area contributed by atoms with Crippen molar-refractivity contribution >= 4 is 43.4 Å². The minimum atomic E-state index is 0.492. The summed E-state index contributed by atoms with van der Waals surface area (Å²) in [5.74, 6) is 0.996. The van der Waals surface area contributed by atoms with Gasteiger partial charge in [0.05, 0.1) is 11.0 Å². The number of hydrogen-bond acceptors (Lipinski definition) is 3. The molecule has 0 aliphatic carbocycles. The first-order valence-electron chi connectivity index (χ1n) is 27.2. The van der Waals surface area contributed by atoms with Crippen molar-refractivity contribution in [2.45, 2.75) is 0 Å². The summed E-state index contributed by atoms with van der Waals surface area (Å²) in [6.45, 7) is 0. The minimum absolute atomic E-state index is 0.492. The van der Waals surface area contributed by atoms with Crippen LogP contribution in [0.1, 0.15) is 0 Å². The minimum Gasteiger partial charge on any atom is -0.416 e. The summed E-state index contributed by atoms with van der Waals surface area (Å²) < 4.78 is 8.53. The number of aromatic nitrogens is 3. The quantitative estimate of drug-likeness (QED) is 0.137. The Balaban J connectivity index is 0.780. The Bertz CT molecular complexity index is 4600. The highest BCUT2D eigenvalue weighted by Gasteiger charge is 2.18. The zero-order chi connectivity index (χ0) is 52.9. The summed E-state index contributed by atoms with van der Waals surface area (Å²) in [5, 5.41) is 16.1. The zero-order valence-corrected chi connectivity index (χ0v) is 43.5. The van der Waals surface area contributed by atoms with Crippen LogP contribution in [-0.2, 0) is 0 Å². The Hall–Kier alpha value is -10.7. The average Bonchev–Trinajstić information content (AvgIpc) is 4.24. The first kappa shape index (κ1) is 46.6. The molecule has 80 heavy (non-hydrogen) atoms. The van der Waals surface area contributed by atoms with Crippen molar-refractivity contribution in [3.05, 3.63) is 297 Å². The maximum absolute atomic E-state index is 6.10. The van der Waals surface area contributed by atoms with Crippen molar-refractivity contribution in [3.63, 3.8) is 0 Å². The second-order valence-corrected chi connectivity index (χ2v) is 20.6. The van der Waals surface area contributed by atoms with E-state index in [0.717, 1.165) is 61.2 Å². The summed E-state index contributed by atoms with van der Waals surface area (Å²) in [5.41, 5.74) is 21.6. The highest BCUT2D eigenvalue weighted by molar-refractivity contribution is 6.12. The van der Waals surface area contributed by atoms with Gasteiger partial charge in [0, 0.05) is 27.6 Å². The Morgan fingerprint density at radius 2 is 0.550 bits per heavy atom. The van der Waals surface area contributed by atoms with Gasteiger partial charge in [-0.1, -0.05) is 224 Å². The van der Waals surface area contributed by atoms with Crippen LogP contribution in [0.5, 0.6) is 0 Å². The van der Waals surface area contributed by atoms with Crippen LogP contribution in [0, 0.1) is 0 Å². The molecule has 0 fully saturated rings. The van der Waals surface area contributed by atoms with E-state index in [1.807, 2.05) is 30.3 Å². The van der Waals surface area contributed by atoms with Crippen LogP contribution in [0.2, 0.25) is 0 Å². The standard InChI is InChI=1S/C76H49N3O/c1-2-14-58(15-3-1)75-77-78-76(80-75)59-34-32-56(33-35-59)67-18-8-10-20-69(67)70-21-11-9-19-68(70)57-38-42-66(43-39-57)79-73-44-40-64(54-26-22-52(23-27-54)62-36-30-50-12-4-6-16-60(50)46-62)48-71(73)72-49-65(41-45-74(72)79)55-28-24-53(25-29-55)63-37-31-51-13-5-7-17-61(51)47-63/h1-49H. The molecule has 15 aromatic rings. The number of hydrogen-bond donors (Lipinski definition) is 0. The Morgan fingerprint density at radius 1 is 0.225 bits per heavy atom. The van der Waals surface area contributed by atoms with Gasteiger partial charge < -0.3 is 8.98 Å². The Kier molecular flexibility index (Phi) is 11.5. The molecular weight excluding hydrogens is 971 g/mol. The highest BCUT2D eigenvalue weighted by atomic mass is 16.4. The van der Waals surface area contributed by atoms with Crippen LogP contribution >= 0.6 is 0 Å². The molecule has 15 rings (SSSR count). The van der Waals surface area contributed by atoms with Gasteiger partial charge in [0.15, 0.2) is 0 Å². The van der Waals surface area contributed by atoms with Gasteiger partial charge >= 0.3 is 0 Å². The van der Waals surface area contributed by atoms with E-state index in [-0.39, 0.29) is 0 Å². The lowest BCUT2D eigenvalue weighted by Gasteiger charge is -2.16. The maximum atomic E-state index is 6.10. The molecule has 0 unspecified atom stereocenters. The van der Waals surface area contributed by atoms with Crippen molar-refractivity contribution in [1.82, 2.24) is 14.8 Å². The number of rotatable bonds is 10.